The Bertz CT molecular complexity index is 903. The van der Waals surface area contributed by atoms with E-state index in [1.54, 1.807) is 18.2 Å². The Balaban J connectivity index is 1.94. The first-order valence-electron chi connectivity index (χ1n) is 6.97. The van der Waals surface area contributed by atoms with Crippen LogP contribution in [0.4, 0.5) is 0 Å². The first-order chi connectivity index (χ1) is 10.6. The number of hydrogen-bond acceptors (Lipinski definition) is 2. The molecule has 3 aromatic rings. The molecule has 1 atom stereocenters. The second-order valence-electron chi connectivity index (χ2n) is 5.21. The highest BCUT2D eigenvalue weighted by atomic mass is 31.2. The smallest absolute Gasteiger partial charge is 0.408 e. The van der Waals surface area contributed by atoms with Crippen molar-refractivity contribution in [1.29, 1.82) is 0 Å². The van der Waals surface area contributed by atoms with E-state index in [2.05, 4.69) is 0 Å². The number of rotatable bonds is 1. The van der Waals surface area contributed by atoms with Crippen LogP contribution in [-0.2, 0) is 4.57 Å². The van der Waals surface area contributed by atoms with Crippen LogP contribution < -0.4 is 9.83 Å². The minimum Gasteiger partial charge on any atom is -0.421 e. The molecule has 0 fully saturated rings. The summed E-state index contributed by atoms with van der Waals surface area (Å²) in [5.41, 5.74) is 3.75. The highest BCUT2D eigenvalue weighted by Crippen LogP contribution is 2.52. The van der Waals surface area contributed by atoms with E-state index in [9.17, 15) is 9.46 Å². The van der Waals surface area contributed by atoms with Crippen molar-refractivity contribution in [3.05, 3.63) is 72.8 Å². The molecule has 0 saturated carbocycles. The van der Waals surface area contributed by atoms with E-state index < -0.39 is 7.60 Å². The first kappa shape index (κ1) is 13.3. The van der Waals surface area contributed by atoms with Crippen molar-refractivity contribution in [1.82, 2.24) is 0 Å². The molecule has 0 spiro atoms. The Morgan fingerprint density at radius 3 is 2.32 bits per heavy atom. The Morgan fingerprint density at radius 1 is 0.773 bits per heavy atom. The van der Waals surface area contributed by atoms with E-state index in [0.29, 0.717) is 11.1 Å². The van der Waals surface area contributed by atoms with Crippen LogP contribution >= 0.6 is 7.60 Å². The number of benzene rings is 3. The average Bonchev–Trinajstić information content (AvgIpc) is 2.55. The van der Waals surface area contributed by atoms with Crippen molar-refractivity contribution in [3.8, 4) is 28.0 Å². The molecule has 4 heteroatoms. The molecule has 0 amide bonds. The van der Waals surface area contributed by atoms with Gasteiger partial charge in [-0.15, -0.1) is 0 Å². The Morgan fingerprint density at radius 2 is 1.50 bits per heavy atom. The van der Waals surface area contributed by atoms with Crippen molar-refractivity contribution in [2.75, 3.05) is 0 Å². The number of fused-ring (bicyclic) bond motifs is 3. The Kier molecular flexibility index (Phi) is 2.93. The van der Waals surface area contributed by atoms with Crippen LogP contribution in [0.5, 0.6) is 5.75 Å². The lowest BCUT2D eigenvalue weighted by Gasteiger charge is -2.25. The topological polar surface area (TPSA) is 46.5 Å². The predicted molar refractivity (Wildman–Crippen MR) is 87.4 cm³/mol. The zero-order chi connectivity index (χ0) is 15.2. The van der Waals surface area contributed by atoms with Gasteiger partial charge in [-0.1, -0.05) is 54.6 Å². The molecule has 0 aliphatic carbocycles. The van der Waals surface area contributed by atoms with E-state index in [4.69, 9.17) is 4.52 Å². The van der Waals surface area contributed by atoms with Crippen LogP contribution in [0.3, 0.4) is 0 Å². The van der Waals surface area contributed by atoms with Gasteiger partial charge in [-0.3, -0.25) is 0 Å². The molecule has 1 aliphatic heterocycles. The summed E-state index contributed by atoms with van der Waals surface area (Å²) in [5, 5.41) is 0.354. The summed E-state index contributed by atoms with van der Waals surface area (Å²) >= 11 is 0. The van der Waals surface area contributed by atoms with Crippen LogP contribution in [0, 0.1) is 0 Å². The van der Waals surface area contributed by atoms with Gasteiger partial charge in [-0.25, -0.2) is 4.57 Å². The molecule has 4 rings (SSSR count). The van der Waals surface area contributed by atoms with E-state index in [-0.39, 0.29) is 0 Å². The van der Waals surface area contributed by atoms with Gasteiger partial charge in [-0.05, 0) is 29.3 Å². The molecule has 3 nitrogen and oxygen atoms in total. The van der Waals surface area contributed by atoms with E-state index in [1.165, 1.54) is 0 Å². The zero-order valence-corrected chi connectivity index (χ0v) is 12.5. The third kappa shape index (κ3) is 2.07. The molecular weight excluding hydrogens is 295 g/mol. The lowest BCUT2D eigenvalue weighted by molar-refractivity contribution is 0.392. The number of hydrogen-bond donors (Lipinski definition) is 1. The summed E-state index contributed by atoms with van der Waals surface area (Å²) in [4.78, 5) is 10.1. The quantitative estimate of drug-likeness (QED) is 0.685. The van der Waals surface area contributed by atoms with E-state index in [1.807, 2.05) is 54.6 Å². The summed E-state index contributed by atoms with van der Waals surface area (Å²) < 4.78 is 17.7. The SMILES string of the molecule is O=P1(O)Oc2ccc(-c3ccccc3)cc2-c2ccccc21. The molecule has 0 aromatic heterocycles. The molecule has 1 unspecified atom stereocenters. The monoisotopic (exact) mass is 308 g/mol. The Labute approximate surface area is 128 Å². The second kappa shape index (κ2) is 4.84. The molecule has 1 N–H and O–H groups in total. The van der Waals surface area contributed by atoms with Crippen LogP contribution in [0.1, 0.15) is 0 Å². The van der Waals surface area contributed by atoms with Crippen molar-refractivity contribution in [3.63, 3.8) is 0 Å². The molecule has 1 heterocycles. The average molecular weight is 308 g/mol. The fraction of sp³-hybridized carbons (Fsp3) is 0. The maximum absolute atomic E-state index is 12.3. The molecule has 0 bridgehead atoms. The van der Waals surface area contributed by atoms with Crippen LogP contribution in [0.25, 0.3) is 22.3 Å². The van der Waals surface area contributed by atoms with Gasteiger partial charge in [-0.2, -0.15) is 0 Å². The largest absolute Gasteiger partial charge is 0.421 e. The lowest BCUT2D eigenvalue weighted by atomic mass is 9.98. The van der Waals surface area contributed by atoms with Crippen molar-refractivity contribution >= 4 is 12.9 Å². The van der Waals surface area contributed by atoms with Gasteiger partial charge in [0.25, 0.3) is 0 Å². The second-order valence-corrected chi connectivity index (χ2v) is 6.91. The van der Waals surface area contributed by atoms with E-state index >= 15 is 0 Å². The molecule has 22 heavy (non-hydrogen) atoms. The standard InChI is InChI=1S/C18H13O3P/c19-22(20)18-9-5-4-8-15(18)16-12-14(10-11-17(16)21-22)13-6-2-1-3-7-13/h1-12H,(H,19,20). The van der Waals surface area contributed by atoms with Gasteiger partial charge in [0.2, 0.25) is 0 Å². The molecule has 3 aromatic carbocycles. The lowest BCUT2D eigenvalue weighted by Crippen LogP contribution is -2.16. The zero-order valence-electron chi connectivity index (χ0n) is 11.6. The van der Waals surface area contributed by atoms with Gasteiger partial charge in [0.1, 0.15) is 5.75 Å². The maximum Gasteiger partial charge on any atom is 0.408 e. The van der Waals surface area contributed by atoms with Gasteiger partial charge in [0, 0.05) is 11.1 Å². The summed E-state index contributed by atoms with van der Waals surface area (Å²) in [6.45, 7) is 0. The first-order valence-corrected chi connectivity index (χ1v) is 8.55. The molecule has 1 aliphatic rings. The van der Waals surface area contributed by atoms with Crippen molar-refractivity contribution in [2.24, 2.45) is 0 Å². The van der Waals surface area contributed by atoms with Gasteiger partial charge in [0.15, 0.2) is 0 Å². The molecule has 108 valence electrons. The van der Waals surface area contributed by atoms with Crippen LogP contribution in [0.15, 0.2) is 72.8 Å². The van der Waals surface area contributed by atoms with Gasteiger partial charge >= 0.3 is 7.60 Å². The third-order valence-corrected chi connectivity index (χ3v) is 5.25. The molecule has 0 saturated heterocycles. The minimum absolute atomic E-state index is 0.354. The third-order valence-electron chi connectivity index (χ3n) is 3.81. The minimum atomic E-state index is -3.80. The summed E-state index contributed by atoms with van der Waals surface area (Å²) in [6.07, 6.45) is 0. The van der Waals surface area contributed by atoms with E-state index in [0.717, 1.165) is 22.3 Å². The van der Waals surface area contributed by atoms with Crippen LogP contribution in [0.2, 0.25) is 0 Å². The summed E-state index contributed by atoms with van der Waals surface area (Å²) in [7, 11) is -3.80. The normalized spacial score (nSPS) is 19.0. The molecule has 0 radical (unpaired) electrons. The summed E-state index contributed by atoms with van der Waals surface area (Å²) in [6, 6.07) is 22.8. The molecular formula is C18H13O3P. The van der Waals surface area contributed by atoms with Crippen molar-refractivity contribution in [2.45, 2.75) is 0 Å². The fourth-order valence-electron chi connectivity index (χ4n) is 2.76. The summed E-state index contributed by atoms with van der Waals surface area (Å²) in [5.74, 6) is 0.448. The maximum atomic E-state index is 12.3. The highest BCUT2D eigenvalue weighted by molar-refractivity contribution is 7.62. The van der Waals surface area contributed by atoms with Gasteiger partial charge < -0.3 is 9.42 Å². The van der Waals surface area contributed by atoms with Crippen LogP contribution in [-0.4, -0.2) is 4.89 Å². The van der Waals surface area contributed by atoms with Crippen molar-refractivity contribution < 1.29 is 14.0 Å². The predicted octanol–water partition coefficient (Wildman–Crippen LogP) is 4.22. The Hall–Kier alpha value is -2.35. The highest BCUT2D eigenvalue weighted by Gasteiger charge is 2.34. The van der Waals surface area contributed by atoms with Gasteiger partial charge in [0.05, 0.1) is 5.30 Å². The fourth-order valence-corrected chi connectivity index (χ4v) is 4.06.